The van der Waals surface area contributed by atoms with Crippen molar-refractivity contribution in [3.05, 3.63) is 87.3 Å². The number of benzene rings is 2. The summed E-state index contributed by atoms with van der Waals surface area (Å²) in [5, 5.41) is 2.40. The van der Waals surface area contributed by atoms with Crippen molar-refractivity contribution < 1.29 is 18.6 Å². The molecule has 1 heterocycles. The highest BCUT2D eigenvalue weighted by Gasteiger charge is 2.38. The molecule has 0 radical (unpaired) electrons. The van der Waals surface area contributed by atoms with Gasteiger partial charge in [0.25, 0.3) is 4.66 Å². The molecule has 6 nitrogen and oxygen atoms in total. The van der Waals surface area contributed by atoms with Gasteiger partial charge in [-0.25, -0.2) is 4.39 Å². The summed E-state index contributed by atoms with van der Waals surface area (Å²) >= 11 is 0. The van der Waals surface area contributed by atoms with Crippen molar-refractivity contribution in [2.45, 2.75) is 6.54 Å². The summed E-state index contributed by atoms with van der Waals surface area (Å²) < 4.78 is 14.5. The van der Waals surface area contributed by atoms with Crippen molar-refractivity contribution in [3.63, 3.8) is 0 Å². The molecule has 1 N–H and O–H groups in total. The first-order valence-electron chi connectivity index (χ1n) is 7.25. The van der Waals surface area contributed by atoms with Gasteiger partial charge in [0, 0.05) is 11.1 Å². The van der Waals surface area contributed by atoms with Crippen LogP contribution in [0.25, 0.3) is 0 Å². The van der Waals surface area contributed by atoms with Crippen LogP contribution in [0.3, 0.4) is 0 Å². The Morgan fingerprint density at radius 2 is 1.58 bits per heavy atom. The van der Waals surface area contributed by atoms with Gasteiger partial charge in [-0.05, 0) is 17.7 Å². The number of rotatable bonds is 2. The van der Waals surface area contributed by atoms with Crippen LogP contribution in [0, 0.1) is 10.7 Å². The second kappa shape index (κ2) is 5.09. The van der Waals surface area contributed by atoms with Crippen molar-refractivity contribution >= 4 is 11.6 Å². The van der Waals surface area contributed by atoms with Crippen molar-refractivity contribution in [2.24, 2.45) is 0 Å². The number of H-pyrrole nitrogens is 1. The summed E-state index contributed by atoms with van der Waals surface area (Å²) in [5.41, 5.74) is 1.15. The zero-order valence-electron chi connectivity index (χ0n) is 12.3. The number of hydrogen-bond donors (Lipinski definition) is 1. The molecule has 0 unspecified atom stereocenters. The van der Waals surface area contributed by atoms with E-state index in [2.05, 4.69) is 5.10 Å². The summed E-state index contributed by atoms with van der Waals surface area (Å²) in [5.74, 6) is -1.19. The van der Waals surface area contributed by atoms with E-state index in [1.807, 2.05) is 0 Å². The normalized spacial score (nSPS) is 12.9. The van der Waals surface area contributed by atoms with Gasteiger partial charge >= 0.3 is 0 Å². The highest BCUT2D eigenvalue weighted by molar-refractivity contribution is 6.26. The third-order valence-corrected chi connectivity index (χ3v) is 4.03. The number of ketones is 2. The highest BCUT2D eigenvalue weighted by atomic mass is 19.1. The molecular formula is C17H11FN3O3+. The van der Waals surface area contributed by atoms with Gasteiger partial charge in [-0.1, -0.05) is 46.2 Å². The molecule has 1 aliphatic carbocycles. The fourth-order valence-corrected chi connectivity index (χ4v) is 2.87. The number of carbonyl (C=O) groups is 2. The molecule has 0 saturated carbocycles. The second-order valence-corrected chi connectivity index (χ2v) is 5.50. The summed E-state index contributed by atoms with van der Waals surface area (Å²) in [6, 6.07) is 12.0. The van der Waals surface area contributed by atoms with Gasteiger partial charge in [0.15, 0.2) is 11.4 Å². The summed E-state index contributed by atoms with van der Waals surface area (Å²) in [4.78, 5) is 37.4. The standard InChI is InChI=1S/C17H10FN3O3/c18-11-7-5-10(6-8-11)9-20-15-14(19-21(20)24)16(22)12-3-1-2-4-13(12)17(15)23/h1-8H,9H2/p+1. The van der Waals surface area contributed by atoms with Crippen molar-refractivity contribution in [3.8, 4) is 0 Å². The Balaban J connectivity index is 1.86. The molecule has 0 bridgehead atoms. The first-order valence-corrected chi connectivity index (χ1v) is 7.25. The van der Waals surface area contributed by atoms with E-state index in [1.165, 1.54) is 24.3 Å². The maximum Gasteiger partial charge on any atom is 0.259 e. The molecule has 0 fully saturated rings. The molecule has 7 heteroatoms. The van der Waals surface area contributed by atoms with Crippen molar-refractivity contribution in [1.82, 2.24) is 9.78 Å². The van der Waals surface area contributed by atoms with Crippen LogP contribution >= 0.6 is 0 Å². The second-order valence-electron chi connectivity index (χ2n) is 5.50. The van der Waals surface area contributed by atoms with Crippen LogP contribution in [-0.2, 0) is 6.54 Å². The first kappa shape index (κ1) is 14.3. The molecule has 0 atom stereocenters. The van der Waals surface area contributed by atoms with Gasteiger partial charge in [0.05, 0.1) is 4.91 Å². The van der Waals surface area contributed by atoms with Gasteiger partial charge < -0.3 is 0 Å². The van der Waals surface area contributed by atoms with E-state index >= 15 is 0 Å². The number of halogens is 1. The summed E-state index contributed by atoms with van der Waals surface area (Å²) in [6.07, 6.45) is 0. The Bertz CT molecular complexity index is 1050. The van der Waals surface area contributed by atoms with Crippen LogP contribution in [0.1, 0.15) is 37.7 Å². The Morgan fingerprint density at radius 1 is 0.958 bits per heavy atom. The van der Waals surface area contributed by atoms with Crippen LogP contribution in [0.15, 0.2) is 48.5 Å². The zero-order chi connectivity index (χ0) is 16.8. The molecule has 0 saturated heterocycles. The molecule has 3 aromatic rings. The van der Waals surface area contributed by atoms with Gasteiger partial charge in [-0.2, -0.15) is 0 Å². The average molecular weight is 324 g/mol. The minimum Gasteiger partial charge on any atom is -0.287 e. The lowest BCUT2D eigenvalue weighted by Crippen LogP contribution is -2.32. The Morgan fingerprint density at radius 3 is 2.25 bits per heavy atom. The number of aromatic nitrogens is 3. The van der Waals surface area contributed by atoms with Crippen LogP contribution in [0.2, 0.25) is 0 Å². The van der Waals surface area contributed by atoms with E-state index in [0.717, 1.165) is 4.68 Å². The average Bonchev–Trinajstić information content (AvgIpc) is 2.92. The van der Waals surface area contributed by atoms with E-state index in [4.69, 9.17) is 0 Å². The number of hydrogen-bond acceptors (Lipinski definition) is 3. The molecule has 24 heavy (non-hydrogen) atoms. The molecular weight excluding hydrogens is 313 g/mol. The van der Waals surface area contributed by atoms with Crippen LogP contribution < -0.4 is 4.66 Å². The van der Waals surface area contributed by atoms with Gasteiger partial charge in [-0.15, -0.1) is 0 Å². The van der Waals surface area contributed by atoms with Crippen LogP contribution in [0.5, 0.6) is 0 Å². The minimum absolute atomic E-state index is 0.0121. The topological polar surface area (TPSA) is 77.8 Å². The molecule has 4 rings (SSSR count). The zero-order valence-corrected chi connectivity index (χ0v) is 12.3. The SMILES string of the molecule is O=C1c2ccccc2C(=O)c2c1[nH][n+](=O)n2Cc1ccc(F)cc1. The van der Waals surface area contributed by atoms with Crippen molar-refractivity contribution in [2.75, 3.05) is 0 Å². The number of carbonyl (C=O) groups excluding carboxylic acids is 2. The van der Waals surface area contributed by atoms with E-state index in [-0.39, 0.29) is 29.1 Å². The third kappa shape index (κ3) is 2.02. The van der Waals surface area contributed by atoms with E-state index < -0.39 is 17.4 Å². The molecule has 1 aromatic heterocycles. The lowest BCUT2D eigenvalue weighted by atomic mass is 9.90. The Hall–Kier alpha value is -3.35. The lowest BCUT2D eigenvalue weighted by molar-refractivity contribution is -0.651. The predicted octanol–water partition coefficient (Wildman–Crippen LogP) is 1.69. The minimum atomic E-state index is -0.400. The molecule has 118 valence electrons. The fourth-order valence-electron chi connectivity index (χ4n) is 2.87. The van der Waals surface area contributed by atoms with E-state index in [0.29, 0.717) is 10.2 Å². The first-order chi connectivity index (χ1) is 11.6. The highest BCUT2D eigenvalue weighted by Crippen LogP contribution is 2.25. The molecule has 2 aromatic carbocycles. The van der Waals surface area contributed by atoms with E-state index in [9.17, 15) is 18.9 Å². The molecule has 0 amide bonds. The van der Waals surface area contributed by atoms with Gasteiger partial charge in [0.2, 0.25) is 11.6 Å². The van der Waals surface area contributed by atoms with Gasteiger partial charge in [0.1, 0.15) is 12.4 Å². The quantitative estimate of drug-likeness (QED) is 0.570. The number of fused-ring (bicyclic) bond motifs is 2. The smallest absolute Gasteiger partial charge is 0.259 e. The maximum absolute atomic E-state index is 13.0. The Labute approximate surface area is 134 Å². The van der Waals surface area contributed by atoms with Crippen LogP contribution in [-0.4, -0.2) is 21.3 Å². The third-order valence-electron chi connectivity index (χ3n) is 4.03. The number of aromatic amines is 1. The number of nitrogens with one attached hydrogen (secondary N) is 1. The predicted molar refractivity (Wildman–Crippen MR) is 81.0 cm³/mol. The summed E-state index contributed by atoms with van der Waals surface area (Å²) in [7, 11) is 0. The number of nitrogens with zero attached hydrogens (tertiary/aromatic N) is 2. The fraction of sp³-hybridized carbons (Fsp3) is 0.0588. The van der Waals surface area contributed by atoms with E-state index in [1.54, 1.807) is 24.3 Å². The monoisotopic (exact) mass is 324 g/mol. The van der Waals surface area contributed by atoms with Crippen LogP contribution in [0.4, 0.5) is 4.39 Å². The molecule has 1 aliphatic rings. The largest absolute Gasteiger partial charge is 0.287 e. The molecule has 0 aliphatic heterocycles. The lowest BCUT2D eigenvalue weighted by Gasteiger charge is -2.11. The Kier molecular flexibility index (Phi) is 3.02. The maximum atomic E-state index is 13.0. The van der Waals surface area contributed by atoms with Gasteiger partial charge in [-0.3, -0.25) is 9.59 Å². The summed E-state index contributed by atoms with van der Waals surface area (Å²) in [6.45, 7) is 0.0385. The molecule has 0 spiro atoms. The van der Waals surface area contributed by atoms with Crippen molar-refractivity contribution in [1.29, 1.82) is 0 Å².